The van der Waals surface area contributed by atoms with E-state index in [2.05, 4.69) is 40.9 Å². The van der Waals surface area contributed by atoms with Crippen LogP contribution >= 0.6 is 0 Å². The summed E-state index contributed by atoms with van der Waals surface area (Å²) in [7, 11) is -3.26. The first kappa shape index (κ1) is 23.1. The second-order valence-corrected chi connectivity index (χ2v) is 11.9. The molecule has 2 fully saturated rings. The maximum absolute atomic E-state index is 12.7. The molecule has 2 N–H and O–H groups in total. The van der Waals surface area contributed by atoms with Crippen LogP contribution in [-0.2, 0) is 14.8 Å². The molecule has 1 aromatic rings. The van der Waals surface area contributed by atoms with Crippen molar-refractivity contribution in [3.8, 4) is 0 Å². The minimum atomic E-state index is -3.26. The Labute approximate surface area is 181 Å². The normalized spacial score (nSPS) is 27.8. The largest absolute Gasteiger partial charge is 0.371 e. The molecule has 1 aliphatic heterocycles. The molecular formula is C23H37N3O3S. The monoisotopic (exact) mass is 435 g/mol. The zero-order valence-corrected chi connectivity index (χ0v) is 19.5. The number of hydrogen-bond acceptors (Lipinski definition) is 4. The van der Waals surface area contributed by atoms with Crippen LogP contribution in [0.15, 0.2) is 24.3 Å². The Kier molecular flexibility index (Phi) is 7.45. The fourth-order valence-electron chi connectivity index (χ4n) is 4.72. The Bertz CT molecular complexity index is 805. The van der Waals surface area contributed by atoms with Crippen molar-refractivity contribution in [3.63, 3.8) is 0 Å². The molecule has 1 aromatic carbocycles. The van der Waals surface area contributed by atoms with Gasteiger partial charge in [0.2, 0.25) is 15.9 Å². The summed E-state index contributed by atoms with van der Waals surface area (Å²) >= 11 is 0. The van der Waals surface area contributed by atoms with E-state index >= 15 is 0 Å². The topological polar surface area (TPSA) is 78.5 Å². The molecule has 3 rings (SSSR count). The fraction of sp³-hybridized carbons (Fsp3) is 0.696. The lowest BCUT2D eigenvalue weighted by Gasteiger charge is -2.36. The van der Waals surface area contributed by atoms with Gasteiger partial charge in [0.05, 0.1) is 5.25 Å². The third-order valence-corrected chi connectivity index (χ3v) is 8.32. The van der Waals surface area contributed by atoms with Crippen LogP contribution in [0.5, 0.6) is 0 Å². The Hall–Kier alpha value is -1.60. The first-order valence-electron chi connectivity index (χ1n) is 11.3. The van der Waals surface area contributed by atoms with Crippen LogP contribution in [0, 0.1) is 17.8 Å². The SMILES string of the molecule is CC1C[C@@H](C)CN(c2ccc(NC(=O)C3CCC(NS(=O)(=O)C(C)C)CC3)cc2)C1. The number of hydrogen-bond donors (Lipinski definition) is 2. The van der Waals surface area contributed by atoms with Crippen LogP contribution in [0.1, 0.15) is 59.8 Å². The van der Waals surface area contributed by atoms with E-state index in [4.69, 9.17) is 0 Å². The number of nitrogens with one attached hydrogen (secondary N) is 2. The van der Waals surface area contributed by atoms with Gasteiger partial charge in [-0.25, -0.2) is 13.1 Å². The Balaban J connectivity index is 1.50. The van der Waals surface area contributed by atoms with Crippen molar-refractivity contribution in [1.82, 2.24) is 4.72 Å². The average Bonchev–Trinajstić information content (AvgIpc) is 2.68. The van der Waals surface area contributed by atoms with E-state index in [0.29, 0.717) is 37.5 Å². The molecule has 0 spiro atoms. The molecular weight excluding hydrogens is 398 g/mol. The van der Waals surface area contributed by atoms with Crippen molar-refractivity contribution >= 4 is 27.3 Å². The molecule has 1 amide bonds. The number of piperidine rings is 1. The van der Waals surface area contributed by atoms with E-state index in [1.165, 1.54) is 12.1 Å². The van der Waals surface area contributed by atoms with Crippen LogP contribution in [0.25, 0.3) is 0 Å². The average molecular weight is 436 g/mol. The van der Waals surface area contributed by atoms with Crippen molar-refractivity contribution < 1.29 is 13.2 Å². The Morgan fingerprint density at radius 2 is 1.57 bits per heavy atom. The summed E-state index contributed by atoms with van der Waals surface area (Å²) in [6.45, 7) is 10.1. The van der Waals surface area contributed by atoms with Gasteiger partial charge in [-0.1, -0.05) is 13.8 Å². The standard InChI is InChI=1S/C23H37N3O3S/c1-16(2)30(28,29)25-21-7-5-19(6-8-21)23(27)24-20-9-11-22(12-10-20)26-14-17(3)13-18(4)15-26/h9-12,16-19,21,25H,5-8,13-15H2,1-4H3,(H,24,27)/t17-,18?,19?,21?/m1/s1. The lowest BCUT2D eigenvalue weighted by Crippen LogP contribution is -2.42. The predicted octanol–water partition coefficient (Wildman–Crippen LogP) is 3.99. The minimum Gasteiger partial charge on any atom is -0.371 e. The van der Waals surface area contributed by atoms with Gasteiger partial charge in [0.1, 0.15) is 0 Å². The van der Waals surface area contributed by atoms with Crippen LogP contribution < -0.4 is 14.9 Å². The first-order chi connectivity index (χ1) is 14.1. The molecule has 1 saturated heterocycles. The van der Waals surface area contributed by atoms with E-state index in [1.807, 2.05) is 12.1 Å². The highest BCUT2D eigenvalue weighted by Crippen LogP contribution is 2.29. The molecule has 0 bridgehead atoms. The Morgan fingerprint density at radius 1 is 1.00 bits per heavy atom. The smallest absolute Gasteiger partial charge is 0.227 e. The highest BCUT2D eigenvalue weighted by Gasteiger charge is 2.29. The summed E-state index contributed by atoms with van der Waals surface area (Å²) in [4.78, 5) is 15.1. The van der Waals surface area contributed by atoms with Crippen molar-refractivity contribution in [1.29, 1.82) is 0 Å². The molecule has 1 aliphatic carbocycles. The molecule has 1 saturated carbocycles. The number of carbonyl (C=O) groups is 1. The zero-order valence-electron chi connectivity index (χ0n) is 18.7. The molecule has 30 heavy (non-hydrogen) atoms. The van der Waals surface area contributed by atoms with E-state index in [-0.39, 0.29) is 17.9 Å². The van der Waals surface area contributed by atoms with Crippen molar-refractivity contribution in [2.24, 2.45) is 17.8 Å². The quantitative estimate of drug-likeness (QED) is 0.708. The summed E-state index contributed by atoms with van der Waals surface area (Å²) in [5.41, 5.74) is 2.04. The maximum Gasteiger partial charge on any atom is 0.227 e. The van der Waals surface area contributed by atoms with Gasteiger partial charge >= 0.3 is 0 Å². The first-order valence-corrected chi connectivity index (χ1v) is 12.9. The maximum atomic E-state index is 12.7. The number of rotatable bonds is 6. The van der Waals surface area contributed by atoms with E-state index in [0.717, 1.165) is 18.8 Å². The third kappa shape index (κ3) is 5.97. The predicted molar refractivity (Wildman–Crippen MR) is 123 cm³/mol. The van der Waals surface area contributed by atoms with Crippen LogP contribution in [-0.4, -0.2) is 38.7 Å². The van der Waals surface area contributed by atoms with E-state index in [9.17, 15) is 13.2 Å². The number of benzene rings is 1. The van der Waals surface area contributed by atoms with Gasteiger partial charge in [-0.3, -0.25) is 4.79 Å². The summed E-state index contributed by atoms with van der Waals surface area (Å²) in [5, 5.41) is 2.61. The van der Waals surface area contributed by atoms with Crippen LogP contribution in [0.4, 0.5) is 11.4 Å². The molecule has 168 valence electrons. The molecule has 2 aliphatic rings. The van der Waals surface area contributed by atoms with E-state index in [1.54, 1.807) is 13.8 Å². The number of amides is 1. The zero-order chi connectivity index (χ0) is 21.9. The minimum absolute atomic E-state index is 0.0353. The van der Waals surface area contributed by atoms with Gasteiger partial charge in [-0.05, 0) is 82.1 Å². The highest BCUT2D eigenvalue weighted by atomic mass is 32.2. The van der Waals surface area contributed by atoms with E-state index < -0.39 is 15.3 Å². The fourth-order valence-corrected chi connectivity index (χ4v) is 5.69. The summed E-state index contributed by atoms with van der Waals surface area (Å²) in [5.74, 6) is 1.38. The summed E-state index contributed by atoms with van der Waals surface area (Å²) in [6.07, 6.45) is 4.10. The second kappa shape index (κ2) is 9.69. The molecule has 0 radical (unpaired) electrons. The summed E-state index contributed by atoms with van der Waals surface area (Å²) < 4.78 is 26.9. The van der Waals surface area contributed by atoms with Gasteiger partial charge in [0, 0.05) is 36.4 Å². The van der Waals surface area contributed by atoms with Gasteiger partial charge < -0.3 is 10.2 Å². The van der Waals surface area contributed by atoms with Crippen molar-refractivity contribution in [3.05, 3.63) is 24.3 Å². The van der Waals surface area contributed by atoms with Crippen LogP contribution in [0.3, 0.4) is 0 Å². The lowest BCUT2D eigenvalue weighted by atomic mass is 9.86. The lowest BCUT2D eigenvalue weighted by molar-refractivity contribution is -0.120. The summed E-state index contributed by atoms with van der Waals surface area (Å²) in [6, 6.07) is 8.10. The van der Waals surface area contributed by atoms with Crippen LogP contribution in [0.2, 0.25) is 0 Å². The molecule has 7 heteroatoms. The number of nitrogens with zero attached hydrogens (tertiary/aromatic N) is 1. The van der Waals surface area contributed by atoms with Gasteiger partial charge in [0.15, 0.2) is 0 Å². The molecule has 2 atom stereocenters. The Morgan fingerprint density at radius 3 is 2.10 bits per heavy atom. The van der Waals surface area contributed by atoms with Crippen molar-refractivity contribution in [2.75, 3.05) is 23.3 Å². The van der Waals surface area contributed by atoms with Gasteiger partial charge in [0.25, 0.3) is 0 Å². The number of carbonyl (C=O) groups excluding carboxylic acids is 1. The molecule has 6 nitrogen and oxygen atoms in total. The highest BCUT2D eigenvalue weighted by molar-refractivity contribution is 7.90. The van der Waals surface area contributed by atoms with Gasteiger partial charge in [-0.15, -0.1) is 0 Å². The molecule has 0 aromatic heterocycles. The third-order valence-electron chi connectivity index (χ3n) is 6.42. The molecule has 1 unspecified atom stereocenters. The van der Waals surface area contributed by atoms with Gasteiger partial charge in [-0.2, -0.15) is 0 Å². The molecule has 1 heterocycles. The number of sulfonamides is 1. The second-order valence-electron chi connectivity index (χ2n) is 9.65. The van der Waals surface area contributed by atoms with Crippen molar-refractivity contribution in [2.45, 2.75) is 71.1 Å². The number of anilines is 2.